The van der Waals surface area contributed by atoms with E-state index in [1.54, 1.807) is 0 Å². The number of rotatable bonds is 0. The van der Waals surface area contributed by atoms with Gasteiger partial charge in [0.15, 0.2) is 0 Å². The van der Waals surface area contributed by atoms with E-state index in [4.69, 9.17) is 5.11 Å². The van der Waals surface area contributed by atoms with Crippen LogP contribution in [0.1, 0.15) is 13.3 Å². The topological polar surface area (TPSA) is 52.6 Å². The molecule has 12 heavy (non-hydrogen) atoms. The second kappa shape index (κ2) is 2.36. The van der Waals surface area contributed by atoms with Crippen LogP contribution >= 0.6 is 0 Å². The predicted molar refractivity (Wildman–Crippen MR) is 44.1 cm³/mol. The van der Waals surface area contributed by atoms with Gasteiger partial charge in [-0.1, -0.05) is 6.92 Å². The van der Waals surface area contributed by atoms with Crippen LogP contribution in [0.15, 0.2) is 0 Å². The maximum atomic E-state index is 10.6. The number of carboxylic acid groups (broad SMARTS) is 1. The van der Waals surface area contributed by atoms with E-state index < -0.39 is 6.09 Å². The van der Waals surface area contributed by atoms with Crippen molar-refractivity contribution in [2.75, 3.05) is 19.6 Å². The first-order valence-electron chi connectivity index (χ1n) is 4.33. The van der Waals surface area contributed by atoms with Gasteiger partial charge < -0.3 is 15.3 Å². The second-order valence-corrected chi connectivity index (χ2v) is 4.07. The Morgan fingerprint density at radius 1 is 1.75 bits per heavy atom. The molecule has 2 heterocycles. The summed E-state index contributed by atoms with van der Waals surface area (Å²) in [5.74, 6) is 0. The lowest BCUT2D eigenvalue weighted by Crippen LogP contribution is -2.68. The van der Waals surface area contributed by atoms with E-state index in [1.165, 1.54) is 4.90 Å². The molecule has 0 unspecified atom stereocenters. The molecule has 0 aromatic rings. The highest BCUT2D eigenvalue weighted by Crippen LogP contribution is 2.36. The van der Waals surface area contributed by atoms with Crippen molar-refractivity contribution < 1.29 is 9.90 Å². The average molecular weight is 170 g/mol. The molecule has 2 atom stereocenters. The smallest absolute Gasteiger partial charge is 0.407 e. The minimum atomic E-state index is -0.786. The van der Waals surface area contributed by atoms with Gasteiger partial charge in [0.2, 0.25) is 0 Å². The molecule has 0 radical (unpaired) electrons. The summed E-state index contributed by atoms with van der Waals surface area (Å²) in [4.78, 5) is 12.1. The van der Waals surface area contributed by atoms with Gasteiger partial charge in [0.05, 0.1) is 0 Å². The molecular formula is C8H14N2O2. The van der Waals surface area contributed by atoms with Crippen LogP contribution in [0.3, 0.4) is 0 Å². The van der Waals surface area contributed by atoms with Gasteiger partial charge in [0.1, 0.15) is 0 Å². The van der Waals surface area contributed by atoms with E-state index in [9.17, 15) is 4.79 Å². The second-order valence-electron chi connectivity index (χ2n) is 4.07. The SMILES string of the molecule is C[C@@]12CCN(C(=O)O)C[C@@H]1NC2. The number of hydrogen-bond acceptors (Lipinski definition) is 2. The summed E-state index contributed by atoms with van der Waals surface area (Å²) in [6.07, 6.45) is 0.211. The van der Waals surface area contributed by atoms with Gasteiger partial charge in [0.25, 0.3) is 0 Å². The van der Waals surface area contributed by atoms with Crippen molar-refractivity contribution in [3.05, 3.63) is 0 Å². The molecule has 0 saturated carbocycles. The minimum absolute atomic E-state index is 0.367. The van der Waals surface area contributed by atoms with Gasteiger partial charge in [-0.15, -0.1) is 0 Å². The first-order valence-corrected chi connectivity index (χ1v) is 4.33. The van der Waals surface area contributed by atoms with Crippen LogP contribution in [-0.4, -0.2) is 41.8 Å². The summed E-state index contributed by atoms with van der Waals surface area (Å²) in [5.41, 5.74) is 0.367. The fourth-order valence-corrected chi connectivity index (χ4v) is 2.02. The molecule has 0 aliphatic carbocycles. The Kier molecular flexibility index (Phi) is 1.54. The molecule has 2 aliphatic rings. The highest BCUT2D eigenvalue weighted by Gasteiger charge is 2.46. The van der Waals surface area contributed by atoms with Crippen LogP contribution in [0.2, 0.25) is 0 Å². The zero-order valence-electron chi connectivity index (χ0n) is 7.21. The lowest BCUT2D eigenvalue weighted by atomic mass is 9.70. The molecule has 2 aliphatic heterocycles. The monoisotopic (exact) mass is 170 g/mol. The maximum absolute atomic E-state index is 10.6. The number of carbonyl (C=O) groups is 1. The van der Waals surface area contributed by atoms with Crippen LogP contribution in [0.4, 0.5) is 4.79 Å². The highest BCUT2D eigenvalue weighted by atomic mass is 16.4. The Balaban J connectivity index is 2.00. The van der Waals surface area contributed by atoms with E-state index >= 15 is 0 Å². The number of nitrogens with zero attached hydrogens (tertiary/aromatic N) is 1. The molecule has 2 rings (SSSR count). The molecule has 0 spiro atoms. The van der Waals surface area contributed by atoms with Crippen LogP contribution in [-0.2, 0) is 0 Å². The fraction of sp³-hybridized carbons (Fsp3) is 0.875. The van der Waals surface area contributed by atoms with Crippen molar-refractivity contribution >= 4 is 6.09 Å². The summed E-state index contributed by atoms with van der Waals surface area (Å²) >= 11 is 0. The Morgan fingerprint density at radius 3 is 2.92 bits per heavy atom. The quantitative estimate of drug-likeness (QED) is 0.551. The molecule has 0 aromatic heterocycles. The van der Waals surface area contributed by atoms with Crippen molar-refractivity contribution in [1.29, 1.82) is 0 Å². The number of fused-ring (bicyclic) bond motifs is 1. The van der Waals surface area contributed by atoms with E-state index in [1.807, 2.05) is 0 Å². The van der Waals surface area contributed by atoms with E-state index in [-0.39, 0.29) is 0 Å². The third kappa shape index (κ3) is 0.982. The van der Waals surface area contributed by atoms with Crippen molar-refractivity contribution in [1.82, 2.24) is 10.2 Å². The third-order valence-electron chi connectivity index (χ3n) is 3.22. The molecule has 68 valence electrons. The summed E-state index contributed by atoms with van der Waals surface area (Å²) in [6, 6.07) is 0.391. The standard InChI is InChI=1S/C8H14N2O2/c1-8-2-3-10(7(11)12)4-6(8)9-5-8/h6,9H,2-5H2,1H3,(H,11,12)/t6-,8-/m0/s1. The Bertz CT molecular complexity index is 219. The molecule has 2 N–H and O–H groups in total. The molecular weight excluding hydrogens is 156 g/mol. The first-order chi connectivity index (χ1) is 5.62. The van der Waals surface area contributed by atoms with Gasteiger partial charge in [-0.05, 0) is 11.8 Å². The van der Waals surface area contributed by atoms with Gasteiger partial charge in [-0.2, -0.15) is 0 Å². The molecule has 2 fully saturated rings. The van der Waals surface area contributed by atoms with Gasteiger partial charge in [0, 0.05) is 25.7 Å². The summed E-state index contributed by atoms with van der Waals surface area (Å²) in [5, 5.41) is 12.0. The maximum Gasteiger partial charge on any atom is 0.407 e. The van der Waals surface area contributed by atoms with Crippen LogP contribution in [0.5, 0.6) is 0 Å². The van der Waals surface area contributed by atoms with E-state index in [2.05, 4.69) is 12.2 Å². The Morgan fingerprint density at radius 2 is 2.50 bits per heavy atom. The summed E-state index contributed by atoms with van der Waals surface area (Å²) in [6.45, 7) is 4.63. The van der Waals surface area contributed by atoms with Crippen molar-refractivity contribution in [2.24, 2.45) is 5.41 Å². The first kappa shape index (κ1) is 7.86. The number of nitrogens with one attached hydrogen (secondary N) is 1. The normalized spacial score (nSPS) is 40.1. The molecule has 4 nitrogen and oxygen atoms in total. The highest BCUT2D eigenvalue weighted by molar-refractivity contribution is 5.65. The molecule has 4 heteroatoms. The number of piperidine rings is 1. The van der Waals surface area contributed by atoms with Crippen molar-refractivity contribution in [2.45, 2.75) is 19.4 Å². The predicted octanol–water partition coefficient (Wildman–Crippen LogP) is 0.348. The number of amides is 1. The average Bonchev–Trinajstić information content (AvgIpc) is 1.99. The summed E-state index contributed by atoms with van der Waals surface area (Å²) < 4.78 is 0. The van der Waals surface area contributed by atoms with Crippen LogP contribution in [0.25, 0.3) is 0 Å². The number of hydrogen-bond donors (Lipinski definition) is 2. The van der Waals surface area contributed by atoms with Gasteiger partial charge >= 0.3 is 6.09 Å². The van der Waals surface area contributed by atoms with Gasteiger partial charge in [-0.3, -0.25) is 0 Å². The Hall–Kier alpha value is -0.770. The lowest BCUT2D eigenvalue weighted by molar-refractivity contribution is 0.0116. The van der Waals surface area contributed by atoms with Gasteiger partial charge in [-0.25, -0.2) is 4.79 Å². The molecule has 1 amide bonds. The summed E-state index contributed by atoms with van der Waals surface area (Å²) in [7, 11) is 0. The van der Waals surface area contributed by atoms with E-state index in [0.29, 0.717) is 24.5 Å². The zero-order valence-corrected chi connectivity index (χ0v) is 7.21. The Labute approximate surface area is 71.5 Å². The number of likely N-dealkylation sites (tertiary alicyclic amines) is 1. The van der Waals surface area contributed by atoms with Crippen molar-refractivity contribution in [3.8, 4) is 0 Å². The molecule has 0 aromatic carbocycles. The minimum Gasteiger partial charge on any atom is -0.465 e. The molecule has 0 bridgehead atoms. The largest absolute Gasteiger partial charge is 0.465 e. The van der Waals surface area contributed by atoms with E-state index in [0.717, 1.165) is 13.0 Å². The zero-order chi connectivity index (χ0) is 8.77. The third-order valence-corrected chi connectivity index (χ3v) is 3.22. The van der Waals surface area contributed by atoms with Crippen LogP contribution in [0, 0.1) is 5.41 Å². The molecule has 2 saturated heterocycles. The fourth-order valence-electron chi connectivity index (χ4n) is 2.02. The van der Waals surface area contributed by atoms with Crippen molar-refractivity contribution in [3.63, 3.8) is 0 Å². The lowest BCUT2D eigenvalue weighted by Gasteiger charge is -2.53. The van der Waals surface area contributed by atoms with Crippen LogP contribution < -0.4 is 5.32 Å².